The van der Waals surface area contributed by atoms with E-state index < -0.39 is 0 Å². The Hall–Kier alpha value is -3.19. The third kappa shape index (κ3) is 2.85. The molecule has 0 aromatic heterocycles. The molecule has 0 aliphatic rings. The van der Waals surface area contributed by atoms with E-state index in [2.05, 4.69) is 54.6 Å². The summed E-state index contributed by atoms with van der Waals surface area (Å²) >= 11 is 0. The third-order valence-electron chi connectivity index (χ3n) is 4.69. The second-order valence-electron chi connectivity index (χ2n) is 6.29. The number of nitrogens with one attached hydrogen (secondary N) is 1. The minimum absolute atomic E-state index is 0.572. The Kier molecular flexibility index (Phi) is 3.91. The fourth-order valence-corrected chi connectivity index (χ4v) is 3.30. The molecule has 0 spiro atoms. The van der Waals surface area contributed by atoms with Gasteiger partial charge < -0.3 is 0 Å². The summed E-state index contributed by atoms with van der Waals surface area (Å²) in [6.45, 7) is 2.05. The van der Waals surface area contributed by atoms with Gasteiger partial charge in [0.05, 0.1) is 5.71 Å². The smallest absolute Gasteiger partial charge is 0.0687 e. The standard InChI is InChI=1S/C24H19N/c1-17-7-2-4-10-21(17)24(25)20-15-13-19(14-16-20)23-12-6-9-18-8-3-5-11-22(18)23/h2-16,25H,1H3. The summed E-state index contributed by atoms with van der Waals surface area (Å²) in [5.74, 6) is 0. The molecule has 0 saturated heterocycles. The molecule has 0 heterocycles. The summed E-state index contributed by atoms with van der Waals surface area (Å²) in [5, 5.41) is 11.0. The second-order valence-corrected chi connectivity index (χ2v) is 6.29. The van der Waals surface area contributed by atoms with E-state index in [0.29, 0.717) is 5.71 Å². The average molecular weight is 321 g/mol. The van der Waals surface area contributed by atoms with Crippen molar-refractivity contribution in [2.45, 2.75) is 6.92 Å². The Balaban J connectivity index is 1.73. The Labute approximate surface area is 148 Å². The van der Waals surface area contributed by atoms with E-state index in [1.165, 1.54) is 21.9 Å². The molecule has 0 fully saturated rings. The van der Waals surface area contributed by atoms with Crippen molar-refractivity contribution in [1.29, 1.82) is 5.41 Å². The van der Waals surface area contributed by atoms with Crippen LogP contribution in [0.15, 0.2) is 91.0 Å². The molecule has 120 valence electrons. The van der Waals surface area contributed by atoms with Crippen molar-refractivity contribution in [1.82, 2.24) is 0 Å². The van der Waals surface area contributed by atoms with Crippen LogP contribution in [0.25, 0.3) is 21.9 Å². The zero-order valence-corrected chi connectivity index (χ0v) is 14.2. The van der Waals surface area contributed by atoms with Gasteiger partial charge in [-0.05, 0) is 34.4 Å². The van der Waals surface area contributed by atoms with Gasteiger partial charge in [-0.1, -0.05) is 91.0 Å². The van der Waals surface area contributed by atoms with Gasteiger partial charge in [-0.25, -0.2) is 0 Å². The molecule has 25 heavy (non-hydrogen) atoms. The van der Waals surface area contributed by atoms with E-state index in [-0.39, 0.29) is 0 Å². The fourth-order valence-electron chi connectivity index (χ4n) is 3.30. The summed E-state index contributed by atoms with van der Waals surface area (Å²) in [6, 6.07) is 31.2. The van der Waals surface area contributed by atoms with Crippen LogP contribution in [0.3, 0.4) is 0 Å². The SMILES string of the molecule is Cc1ccccc1C(=N)c1ccc(-c2cccc3ccccc23)cc1. The van der Waals surface area contributed by atoms with E-state index in [4.69, 9.17) is 5.41 Å². The van der Waals surface area contributed by atoms with E-state index >= 15 is 0 Å². The molecule has 0 atom stereocenters. The Morgan fingerprint density at radius 3 is 2.16 bits per heavy atom. The minimum Gasteiger partial charge on any atom is -0.300 e. The zero-order chi connectivity index (χ0) is 17.2. The van der Waals surface area contributed by atoms with Gasteiger partial charge in [-0.2, -0.15) is 0 Å². The first kappa shape index (κ1) is 15.3. The van der Waals surface area contributed by atoms with Crippen molar-refractivity contribution in [3.05, 3.63) is 108 Å². The van der Waals surface area contributed by atoms with Crippen LogP contribution in [0.4, 0.5) is 0 Å². The van der Waals surface area contributed by atoms with Crippen molar-refractivity contribution >= 4 is 16.5 Å². The molecular weight excluding hydrogens is 302 g/mol. The molecule has 0 unspecified atom stereocenters. The highest BCUT2D eigenvalue weighted by Gasteiger charge is 2.08. The molecule has 0 bridgehead atoms. The normalized spacial score (nSPS) is 10.8. The zero-order valence-electron chi connectivity index (χ0n) is 14.2. The van der Waals surface area contributed by atoms with Crippen LogP contribution in [-0.4, -0.2) is 5.71 Å². The molecular formula is C24H19N. The molecule has 0 amide bonds. The molecule has 0 saturated carbocycles. The van der Waals surface area contributed by atoms with Gasteiger partial charge in [-0.3, -0.25) is 5.41 Å². The lowest BCUT2D eigenvalue weighted by atomic mass is 9.94. The number of rotatable bonds is 3. The number of fused-ring (bicyclic) bond motifs is 1. The number of benzene rings is 4. The highest BCUT2D eigenvalue weighted by Crippen LogP contribution is 2.29. The molecule has 0 aliphatic carbocycles. The molecule has 4 aromatic rings. The predicted octanol–water partition coefficient (Wildman–Crippen LogP) is 6.23. The van der Waals surface area contributed by atoms with Crippen molar-refractivity contribution in [3.8, 4) is 11.1 Å². The van der Waals surface area contributed by atoms with E-state index in [9.17, 15) is 0 Å². The van der Waals surface area contributed by atoms with Gasteiger partial charge in [0.25, 0.3) is 0 Å². The van der Waals surface area contributed by atoms with Crippen LogP contribution in [0.1, 0.15) is 16.7 Å². The lowest BCUT2D eigenvalue weighted by Gasteiger charge is -2.10. The second kappa shape index (κ2) is 6.37. The quantitative estimate of drug-likeness (QED) is 0.432. The van der Waals surface area contributed by atoms with Crippen LogP contribution in [-0.2, 0) is 0 Å². The molecule has 1 nitrogen and oxygen atoms in total. The van der Waals surface area contributed by atoms with Crippen molar-refractivity contribution in [2.24, 2.45) is 0 Å². The summed E-state index contributed by atoms with van der Waals surface area (Å²) in [7, 11) is 0. The first-order chi connectivity index (χ1) is 12.2. The maximum Gasteiger partial charge on any atom is 0.0687 e. The van der Waals surface area contributed by atoms with Crippen molar-refractivity contribution in [2.75, 3.05) is 0 Å². The highest BCUT2D eigenvalue weighted by molar-refractivity contribution is 6.12. The Bertz CT molecular complexity index is 1050. The van der Waals surface area contributed by atoms with Crippen molar-refractivity contribution in [3.63, 3.8) is 0 Å². The van der Waals surface area contributed by atoms with Crippen LogP contribution < -0.4 is 0 Å². The first-order valence-corrected chi connectivity index (χ1v) is 8.47. The lowest BCUT2D eigenvalue weighted by Crippen LogP contribution is -2.03. The number of aryl methyl sites for hydroxylation is 1. The average Bonchev–Trinajstić information content (AvgIpc) is 2.67. The molecule has 0 aliphatic heterocycles. The van der Waals surface area contributed by atoms with Gasteiger partial charge in [0.2, 0.25) is 0 Å². The van der Waals surface area contributed by atoms with E-state index in [1.54, 1.807) is 0 Å². The molecule has 4 rings (SSSR count). The monoisotopic (exact) mass is 321 g/mol. The van der Waals surface area contributed by atoms with Crippen molar-refractivity contribution < 1.29 is 0 Å². The summed E-state index contributed by atoms with van der Waals surface area (Å²) < 4.78 is 0. The fraction of sp³-hybridized carbons (Fsp3) is 0.0417. The minimum atomic E-state index is 0.572. The lowest BCUT2D eigenvalue weighted by molar-refractivity contribution is 1.39. The van der Waals surface area contributed by atoms with Gasteiger partial charge in [0.15, 0.2) is 0 Å². The molecule has 0 radical (unpaired) electrons. The summed E-state index contributed by atoms with van der Waals surface area (Å²) in [6.07, 6.45) is 0. The van der Waals surface area contributed by atoms with Crippen LogP contribution in [0.5, 0.6) is 0 Å². The summed E-state index contributed by atoms with van der Waals surface area (Å²) in [5.41, 5.74) is 6.04. The highest BCUT2D eigenvalue weighted by atomic mass is 14.4. The van der Waals surface area contributed by atoms with Gasteiger partial charge >= 0.3 is 0 Å². The van der Waals surface area contributed by atoms with Gasteiger partial charge in [-0.15, -0.1) is 0 Å². The number of hydrogen-bond donors (Lipinski definition) is 1. The molecule has 1 heteroatoms. The topological polar surface area (TPSA) is 23.9 Å². The van der Waals surface area contributed by atoms with Gasteiger partial charge in [0, 0.05) is 11.1 Å². The van der Waals surface area contributed by atoms with Crippen LogP contribution >= 0.6 is 0 Å². The van der Waals surface area contributed by atoms with E-state index in [1.807, 2.05) is 43.3 Å². The molecule has 4 aromatic carbocycles. The largest absolute Gasteiger partial charge is 0.300 e. The van der Waals surface area contributed by atoms with Gasteiger partial charge in [0.1, 0.15) is 0 Å². The Morgan fingerprint density at radius 2 is 1.36 bits per heavy atom. The van der Waals surface area contributed by atoms with Crippen LogP contribution in [0, 0.1) is 12.3 Å². The first-order valence-electron chi connectivity index (χ1n) is 8.47. The maximum absolute atomic E-state index is 8.52. The summed E-state index contributed by atoms with van der Waals surface area (Å²) in [4.78, 5) is 0. The maximum atomic E-state index is 8.52. The third-order valence-corrected chi connectivity index (χ3v) is 4.69. The Morgan fingerprint density at radius 1 is 0.680 bits per heavy atom. The predicted molar refractivity (Wildman–Crippen MR) is 106 cm³/mol. The van der Waals surface area contributed by atoms with Crippen LogP contribution in [0.2, 0.25) is 0 Å². The number of hydrogen-bond acceptors (Lipinski definition) is 1. The molecule has 1 N–H and O–H groups in total. The van der Waals surface area contributed by atoms with E-state index in [0.717, 1.165) is 16.7 Å².